The van der Waals surface area contributed by atoms with Gasteiger partial charge in [-0.15, -0.1) is 0 Å². The smallest absolute Gasteiger partial charge is 0.224 e. The molecule has 0 aliphatic rings. The van der Waals surface area contributed by atoms with Gasteiger partial charge in [0.15, 0.2) is 0 Å². The molecular formula is C19H21NO4. The van der Waals surface area contributed by atoms with Gasteiger partial charge in [-0.3, -0.25) is 9.59 Å². The highest BCUT2D eigenvalue weighted by molar-refractivity contribution is 5.93. The predicted molar refractivity (Wildman–Crippen MR) is 92.8 cm³/mol. The monoisotopic (exact) mass is 327 g/mol. The van der Waals surface area contributed by atoms with E-state index in [0.717, 1.165) is 12.0 Å². The van der Waals surface area contributed by atoms with Crippen molar-refractivity contribution in [2.75, 3.05) is 18.5 Å². The Hall–Kier alpha value is -2.82. The molecule has 2 rings (SSSR count). The summed E-state index contributed by atoms with van der Waals surface area (Å²) in [6.45, 7) is 2.80. The van der Waals surface area contributed by atoms with Crippen molar-refractivity contribution in [1.82, 2.24) is 0 Å². The maximum atomic E-state index is 12.1. The first kappa shape index (κ1) is 17.5. The maximum Gasteiger partial charge on any atom is 0.224 e. The highest BCUT2D eigenvalue weighted by Crippen LogP contribution is 2.25. The van der Waals surface area contributed by atoms with Gasteiger partial charge in [0.2, 0.25) is 5.91 Å². The Morgan fingerprint density at radius 3 is 2.62 bits per heavy atom. The molecule has 0 spiro atoms. The lowest BCUT2D eigenvalue weighted by molar-refractivity contribution is -0.116. The lowest BCUT2D eigenvalue weighted by atomic mass is 10.2. The highest BCUT2D eigenvalue weighted by Gasteiger charge is 2.09. The number of ether oxygens (including phenoxy) is 2. The molecule has 0 aromatic heterocycles. The first-order chi connectivity index (χ1) is 11.7. The summed E-state index contributed by atoms with van der Waals surface area (Å²) in [6, 6.07) is 14.4. The number of hydrogen-bond donors (Lipinski definition) is 1. The Bertz CT molecular complexity index is 670. The third-order valence-corrected chi connectivity index (χ3v) is 3.27. The molecule has 0 heterocycles. The van der Waals surface area contributed by atoms with Crippen molar-refractivity contribution in [1.29, 1.82) is 0 Å². The number of hydrogen-bond acceptors (Lipinski definition) is 4. The van der Waals surface area contributed by atoms with Crippen LogP contribution in [0.2, 0.25) is 0 Å². The largest absolute Gasteiger partial charge is 0.494 e. The molecule has 0 fully saturated rings. The summed E-state index contributed by atoms with van der Waals surface area (Å²) in [7, 11) is 0. The molecular weight excluding hydrogens is 306 g/mol. The van der Waals surface area contributed by atoms with Gasteiger partial charge in [0.05, 0.1) is 18.9 Å². The van der Waals surface area contributed by atoms with Crippen LogP contribution in [0.1, 0.15) is 30.1 Å². The van der Waals surface area contributed by atoms with Gasteiger partial charge in [0.1, 0.15) is 17.8 Å². The van der Waals surface area contributed by atoms with Crippen molar-refractivity contribution < 1.29 is 19.1 Å². The van der Waals surface area contributed by atoms with Gasteiger partial charge in [-0.05, 0) is 43.7 Å². The van der Waals surface area contributed by atoms with Gasteiger partial charge in [-0.2, -0.15) is 0 Å². The minimum absolute atomic E-state index is 0.143. The number of amides is 1. The first-order valence-corrected chi connectivity index (χ1v) is 7.92. The number of para-hydroxylation sites is 1. The van der Waals surface area contributed by atoms with Crippen LogP contribution in [0, 0.1) is 0 Å². The van der Waals surface area contributed by atoms with Crippen LogP contribution in [0.3, 0.4) is 0 Å². The number of carbonyl (C=O) groups is 2. The number of benzene rings is 2. The summed E-state index contributed by atoms with van der Waals surface area (Å²) in [5.41, 5.74) is 0.997. The van der Waals surface area contributed by atoms with Gasteiger partial charge in [-0.25, -0.2) is 0 Å². The molecule has 0 saturated carbocycles. The van der Waals surface area contributed by atoms with Crippen LogP contribution in [0.4, 0.5) is 5.69 Å². The number of anilines is 1. The molecule has 5 nitrogen and oxygen atoms in total. The van der Waals surface area contributed by atoms with Gasteiger partial charge >= 0.3 is 0 Å². The summed E-state index contributed by atoms with van der Waals surface area (Å²) in [4.78, 5) is 23.0. The Labute approximate surface area is 141 Å². The maximum absolute atomic E-state index is 12.1. The fourth-order valence-electron chi connectivity index (χ4n) is 2.15. The zero-order chi connectivity index (χ0) is 17.2. The van der Waals surface area contributed by atoms with Gasteiger partial charge < -0.3 is 14.8 Å². The molecule has 0 aliphatic heterocycles. The Balaban J connectivity index is 1.84. The van der Waals surface area contributed by atoms with Crippen molar-refractivity contribution in [3.63, 3.8) is 0 Å². The van der Waals surface area contributed by atoms with Crippen LogP contribution in [0.25, 0.3) is 0 Å². The van der Waals surface area contributed by atoms with Crippen LogP contribution in [0.5, 0.6) is 11.5 Å². The minimum Gasteiger partial charge on any atom is -0.494 e. The molecule has 24 heavy (non-hydrogen) atoms. The summed E-state index contributed by atoms with van der Waals surface area (Å²) in [5.74, 6) is 1.20. The normalized spacial score (nSPS) is 10.0. The Kier molecular flexibility index (Phi) is 6.83. The fourth-order valence-corrected chi connectivity index (χ4v) is 2.15. The van der Waals surface area contributed by atoms with E-state index < -0.39 is 0 Å². The van der Waals surface area contributed by atoms with E-state index in [1.54, 1.807) is 18.2 Å². The van der Waals surface area contributed by atoms with Crippen molar-refractivity contribution in [2.45, 2.75) is 19.8 Å². The standard InChI is InChI=1S/C19H21NO4/c1-2-23-18-11-10-15(14-21)13-17(18)20-19(22)9-6-12-24-16-7-4-3-5-8-16/h3-5,7-8,10-11,13-14H,2,6,9,12H2,1H3,(H,20,22). The Morgan fingerprint density at radius 2 is 1.92 bits per heavy atom. The van der Waals surface area contributed by atoms with Crippen LogP contribution < -0.4 is 14.8 Å². The van der Waals surface area contributed by atoms with E-state index in [9.17, 15) is 9.59 Å². The summed E-state index contributed by atoms with van der Waals surface area (Å²) in [5, 5.41) is 2.79. The molecule has 1 N–H and O–H groups in total. The van der Waals surface area contributed by atoms with Crippen molar-refractivity contribution in [3.05, 3.63) is 54.1 Å². The summed E-state index contributed by atoms with van der Waals surface area (Å²) < 4.78 is 11.0. The predicted octanol–water partition coefficient (Wildman–Crippen LogP) is 3.70. The van der Waals surface area contributed by atoms with E-state index in [1.807, 2.05) is 37.3 Å². The third-order valence-electron chi connectivity index (χ3n) is 3.27. The second-order valence-electron chi connectivity index (χ2n) is 5.12. The van der Waals surface area contributed by atoms with Crippen LogP contribution >= 0.6 is 0 Å². The Morgan fingerprint density at radius 1 is 1.12 bits per heavy atom. The average Bonchev–Trinajstić information content (AvgIpc) is 2.61. The highest BCUT2D eigenvalue weighted by atomic mass is 16.5. The SMILES string of the molecule is CCOc1ccc(C=O)cc1NC(=O)CCCOc1ccccc1. The summed E-state index contributed by atoms with van der Waals surface area (Å²) in [6.07, 6.45) is 1.65. The lowest BCUT2D eigenvalue weighted by Crippen LogP contribution is -2.14. The molecule has 0 aliphatic carbocycles. The topological polar surface area (TPSA) is 64.6 Å². The fraction of sp³-hybridized carbons (Fsp3) is 0.263. The van der Waals surface area contributed by atoms with Crippen molar-refractivity contribution in [3.8, 4) is 11.5 Å². The molecule has 2 aromatic rings. The molecule has 126 valence electrons. The molecule has 2 aromatic carbocycles. The number of rotatable bonds is 9. The van der Waals surface area contributed by atoms with Gasteiger partial charge in [-0.1, -0.05) is 18.2 Å². The number of carbonyl (C=O) groups excluding carboxylic acids is 2. The van der Waals surface area contributed by atoms with E-state index in [1.165, 1.54) is 0 Å². The zero-order valence-corrected chi connectivity index (χ0v) is 13.7. The number of aldehydes is 1. The van der Waals surface area contributed by atoms with Gasteiger partial charge in [0, 0.05) is 12.0 Å². The molecule has 1 amide bonds. The summed E-state index contributed by atoms with van der Waals surface area (Å²) >= 11 is 0. The van der Waals surface area contributed by atoms with E-state index >= 15 is 0 Å². The lowest BCUT2D eigenvalue weighted by Gasteiger charge is -2.12. The van der Waals surface area contributed by atoms with E-state index in [0.29, 0.717) is 43.1 Å². The molecule has 0 saturated heterocycles. The first-order valence-electron chi connectivity index (χ1n) is 7.92. The average molecular weight is 327 g/mol. The van der Waals surface area contributed by atoms with E-state index in [4.69, 9.17) is 9.47 Å². The van der Waals surface area contributed by atoms with Crippen molar-refractivity contribution in [2.24, 2.45) is 0 Å². The zero-order valence-electron chi connectivity index (χ0n) is 13.7. The number of nitrogens with one attached hydrogen (secondary N) is 1. The molecule has 0 atom stereocenters. The second kappa shape index (κ2) is 9.35. The van der Waals surface area contributed by atoms with E-state index in [-0.39, 0.29) is 5.91 Å². The van der Waals surface area contributed by atoms with Crippen LogP contribution in [-0.4, -0.2) is 25.4 Å². The molecule has 0 unspecified atom stereocenters. The van der Waals surface area contributed by atoms with E-state index in [2.05, 4.69) is 5.32 Å². The molecule has 0 radical (unpaired) electrons. The molecule has 5 heteroatoms. The van der Waals surface area contributed by atoms with Crippen LogP contribution in [0.15, 0.2) is 48.5 Å². The minimum atomic E-state index is -0.143. The second-order valence-corrected chi connectivity index (χ2v) is 5.12. The van der Waals surface area contributed by atoms with Crippen LogP contribution in [-0.2, 0) is 4.79 Å². The van der Waals surface area contributed by atoms with Crippen molar-refractivity contribution >= 4 is 17.9 Å². The molecule has 0 bridgehead atoms. The third kappa shape index (κ3) is 5.43. The quantitative estimate of drug-likeness (QED) is 0.563. The van der Waals surface area contributed by atoms with Gasteiger partial charge in [0.25, 0.3) is 0 Å².